The summed E-state index contributed by atoms with van der Waals surface area (Å²) in [6.07, 6.45) is 2.71. The van der Waals surface area contributed by atoms with E-state index in [1.807, 2.05) is 24.3 Å². The lowest BCUT2D eigenvalue weighted by molar-refractivity contribution is 0.103. The molecule has 0 aliphatic rings. The monoisotopic (exact) mass is 255 g/mol. The highest BCUT2D eigenvalue weighted by atomic mass is 16.3. The van der Waals surface area contributed by atoms with E-state index in [-0.39, 0.29) is 11.6 Å². The maximum Gasteiger partial charge on any atom is 0.244 e. The molecule has 2 heterocycles. The second-order valence-electron chi connectivity index (χ2n) is 3.88. The second-order valence-corrected chi connectivity index (χ2v) is 3.88. The Hall–Kier alpha value is -2.96. The molecule has 2 aromatic heterocycles. The summed E-state index contributed by atoms with van der Waals surface area (Å²) >= 11 is 0. The van der Waals surface area contributed by atoms with Crippen molar-refractivity contribution in [1.82, 2.24) is 25.6 Å². The summed E-state index contributed by atoms with van der Waals surface area (Å²) in [5, 5.41) is 23.4. The van der Waals surface area contributed by atoms with Gasteiger partial charge in [0.05, 0.1) is 0 Å². The number of hydrogen-bond donors (Lipinski definition) is 3. The lowest BCUT2D eigenvalue weighted by atomic mass is 10.1. The summed E-state index contributed by atoms with van der Waals surface area (Å²) < 4.78 is 0. The smallest absolute Gasteiger partial charge is 0.244 e. The lowest BCUT2D eigenvalue weighted by Crippen LogP contribution is -1.99. The summed E-state index contributed by atoms with van der Waals surface area (Å²) in [5.74, 6) is -0.754. The van der Waals surface area contributed by atoms with Crippen LogP contribution in [0.2, 0.25) is 0 Å². The van der Waals surface area contributed by atoms with Crippen molar-refractivity contribution in [3.8, 4) is 0 Å². The van der Waals surface area contributed by atoms with Crippen molar-refractivity contribution in [2.45, 2.75) is 0 Å². The molecule has 0 amide bonds. The number of nitrogens with zero attached hydrogens (tertiary/aromatic N) is 3. The molecule has 7 nitrogen and oxygen atoms in total. The van der Waals surface area contributed by atoms with Crippen molar-refractivity contribution in [3.63, 3.8) is 0 Å². The Morgan fingerprint density at radius 2 is 2.16 bits per heavy atom. The fraction of sp³-hybridized carbons (Fsp3) is 0. The van der Waals surface area contributed by atoms with Gasteiger partial charge < -0.3 is 10.1 Å². The zero-order valence-electron chi connectivity index (χ0n) is 9.66. The molecule has 0 saturated carbocycles. The predicted octanol–water partition coefficient (Wildman–Crippen LogP) is 1.46. The number of aromatic nitrogens is 5. The topological polar surface area (TPSA) is 108 Å². The third-order valence-electron chi connectivity index (χ3n) is 2.70. The Bertz CT molecular complexity index is 757. The number of hydrogen-bond acceptors (Lipinski definition) is 5. The Morgan fingerprint density at radius 1 is 1.32 bits per heavy atom. The van der Waals surface area contributed by atoms with Gasteiger partial charge in [-0.1, -0.05) is 18.2 Å². The number of ketones is 1. The quantitative estimate of drug-likeness (QED) is 0.373. The van der Waals surface area contributed by atoms with Crippen LogP contribution in [0.15, 0.2) is 36.5 Å². The Kier molecular flexibility index (Phi) is 2.57. The highest BCUT2D eigenvalue weighted by molar-refractivity contribution is 6.06. The van der Waals surface area contributed by atoms with Crippen LogP contribution in [0.3, 0.4) is 0 Å². The molecule has 3 rings (SSSR count). The molecule has 0 aliphatic heterocycles. The van der Waals surface area contributed by atoms with E-state index < -0.39 is 5.78 Å². The third-order valence-corrected chi connectivity index (χ3v) is 2.70. The molecule has 19 heavy (non-hydrogen) atoms. The third kappa shape index (κ3) is 1.97. The van der Waals surface area contributed by atoms with Crippen LogP contribution in [-0.4, -0.2) is 36.5 Å². The molecule has 0 fully saturated rings. The van der Waals surface area contributed by atoms with Crippen molar-refractivity contribution in [2.24, 2.45) is 0 Å². The van der Waals surface area contributed by atoms with Crippen LogP contribution < -0.4 is 0 Å². The molecule has 3 aromatic rings. The SMILES string of the molecule is O=C(C=C(O)c1c[nH]c2ccccc12)c1nn[nH]n1. The fourth-order valence-electron chi connectivity index (χ4n) is 1.82. The van der Waals surface area contributed by atoms with Gasteiger partial charge in [-0.3, -0.25) is 4.79 Å². The van der Waals surface area contributed by atoms with Gasteiger partial charge in [0.2, 0.25) is 11.6 Å². The van der Waals surface area contributed by atoms with E-state index in [2.05, 4.69) is 25.6 Å². The average molecular weight is 255 g/mol. The van der Waals surface area contributed by atoms with Crippen LogP contribution in [0.4, 0.5) is 0 Å². The first-order valence-electron chi connectivity index (χ1n) is 5.50. The summed E-state index contributed by atoms with van der Waals surface area (Å²) in [5.41, 5.74) is 1.43. The highest BCUT2D eigenvalue weighted by Crippen LogP contribution is 2.23. The zero-order valence-corrected chi connectivity index (χ0v) is 9.66. The minimum atomic E-state index is -0.517. The van der Waals surface area contributed by atoms with Gasteiger partial charge in [0.15, 0.2) is 0 Å². The number of benzene rings is 1. The molecular formula is C12H9N5O2. The molecule has 0 bridgehead atoms. The minimum absolute atomic E-state index is 0.0913. The normalized spacial score (nSPS) is 11.9. The number of aromatic amines is 2. The Morgan fingerprint density at radius 3 is 2.95 bits per heavy atom. The first-order chi connectivity index (χ1) is 9.25. The largest absolute Gasteiger partial charge is 0.507 e. The number of carbonyl (C=O) groups excluding carboxylic acids is 1. The molecule has 3 N–H and O–H groups in total. The highest BCUT2D eigenvalue weighted by Gasteiger charge is 2.12. The number of tetrazole rings is 1. The Balaban J connectivity index is 2.00. The van der Waals surface area contributed by atoms with Crippen LogP contribution in [-0.2, 0) is 0 Å². The summed E-state index contributed by atoms with van der Waals surface area (Å²) in [4.78, 5) is 14.7. The number of para-hydroxylation sites is 1. The fourth-order valence-corrected chi connectivity index (χ4v) is 1.82. The van der Waals surface area contributed by atoms with E-state index in [1.165, 1.54) is 0 Å². The van der Waals surface area contributed by atoms with Crippen LogP contribution in [0.5, 0.6) is 0 Å². The van der Waals surface area contributed by atoms with Gasteiger partial charge in [0.25, 0.3) is 0 Å². The zero-order chi connectivity index (χ0) is 13.2. The van der Waals surface area contributed by atoms with Crippen molar-refractivity contribution < 1.29 is 9.90 Å². The van der Waals surface area contributed by atoms with Crippen molar-refractivity contribution in [3.05, 3.63) is 47.9 Å². The second kappa shape index (κ2) is 4.37. The molecule has 0 radical (unpaired) electrons. The van der Waals surface area contributed by atoms with Crippen LogP contribution in [0, 0.1) is 0 Å². The molecule has 0 spiro atoms. The molecule has 0 aliphatic carbocycles. The molecule has 7 heteroatoms. The number of fused-ring (bicyclic) bond motifs is 1. The Labute approximate surface area is 107 Å². The van der Waals surface area contributed by atoms with Gasteiger partial charge in [-0.05, 0) is 11.3 Å². The number of aliphatic hydroxyl groups excluding tert-OH is 1. The first kappa shape index (κ1) is 11.1. The van der Waals surface area contributed by atoms with Gasteiger partial charge in [-0.25, -0.2) is 0 Å². The number of nitrogens with one attached hydrogen (secondary N) is 2. The first-order valence-corrected chi connectivity index (χ1v) is 5.50. The number of H-pyrrole nitrogens is 2. The van der Waals surface area contributed by atoms with Crippen LogP contribution in [0.25, 0.3) is 16.7 Å². The van der Waals surface area contributed by atoms with Gasteiger partial charge in [0.1, 0.15) is 5.76 Å². The molecule has 0 saturated heterocycles. The van der Waals surface area contributed by atoms with Crippen molar-refractivity contribution in [2.75, 3.05) is 0 Å². The maximum absolute atomic E-state index is 11.7. The van der Waals surface area contributed by atoms with Gasteiger partial charge in [-0.2, -0.15) is 5.21 Å². The van der Waals surface area contributed by atoms with E-state index in [9.17, 15) is 9.90 Å². The number of carbonyl (C=O) groups is 1. The lowest BCUT2D eigenvalue weighted by Gasteiger charge is -1.97. The molecular weight excluding hydrogens is 246 g/mol. The number of aliphatic hydroxyl groups is 1. The minimum Gasteiger partial charge on any atom is -0.507 e. The molecule has 0 unspecified atom stereocenters. The summed E-state index contributed by atoms with van der Waals surface area (Å²) in [6.45, 7) is 0. The number of allylic oxidation sites excluding steroid dienone is 1. The summed E-state index contributed by atoms with van der Waals surface area (Å²) in [6, 6.07) is 7.47. The maximum atomic E-state index is 11.7. The molecule has 0 atom stereocenters. The van der Waals surface area contributed by atoms with Gasteiger partial charge in [-0.15, -0.1) is 10.2 Å². The van der Waals surface area contributed by atoms with E-state index in [1.54, 1.807) is 6.20 Å². The molecule has 94 valence electrons. The van der Waals surface area contributed by atoms with Gasteiger partial charge >= 0.3 is 0 Å². The standard InChI is InChI=1S/C12H9N5O2/c18-10(5-11(19)12-14-16-17-15-12)8-6-13-9-4-2-1-3-7(8)9/h1-6,13,18H,(H,14,15,16,17). The van der Waals surface area contributed by atoms with Gasteiger partial charge in [0, 0.05) is 28.7 Å². The van der Waals surface area contributed by atoms with E-state index in [4.69, 9.17) is 0 Å². The van der Waals surface area contributed by atoms with E-state index in [0.29, 0.717) is 5.56 Å². The number of rotatable bonds is 3. The van der Waals surface area contributed by atoms with Crippen molar-refractivity contribution in [1.29, 1.82) is 0 Å². The van der Waals surface area contributed by atoms with Crippen LogP contribution >= 0.6 is 0 Å². The predicted molar refractivity (Wildman–Crippen MR) is 67.4 cm³/mol. The summed E-state index contributed by atoms with van der Waals surface area (Å²) in [7, 11) is 0. The van der Waals surface area contributed by atoms with Crippen molar-refractivity contribution >= 4 is 22.4 Å². The average Bonchev–Trinajstić information content (AvgIpc) is 3.08. The van der Waals surface area contributed by atoms with E-state index in [0.717, 1.165) is 17.0 Å². The van der Waals surface area contributed by atoms with E-state index >= 15 is 0 Å². The molecule has 1 aromatic carbocycles. The van der Waals surface area contributed by atoms with Crippen LogP contribution in [0.1, 0.15) is 16.2 Å².